The van der Waals surface area contributed by atoms with Crippen molar-refractivity contribution in [1.29, 1.82) is 5.26 Å². The zero-order chi connectivity index (χ0) is 18.2. The molecule has 1 aromatic heterocycles. The molecule has 1 aliphatic rings. The number of halogens is 1. The number of nitrogens with zero attached hydrogens (tertiary/aromatic N) is 4. The summed E-state index contributed by atoms with van der Waals surface area (Å²) in [6.45, 7) is -0.648. The predicted octanol–water partition coefficient (Wildman–Crippen LogP) is -0.0520. The van der Waals surface area contributed by atoms with Crippen LogP contribution in [0.4, 0.5) is 10.1 Å². The van der Waals surface area contributed by atoms with E-state index in [0.29, 0.717) is 4.31 Å². The number of aromatic nitrogens is 2. The Bertz CT molecular complexity index is 1020. The Morgan fingerprint density at radius 3 is 2.84 bits per heavy atom. The summed E-state index contributed by atoms with van der Waals surface area (Å²) in [5.74, 6) is -2.74. The smallest absolute Gasteiger partial charge is 0.326 e. The monoisotopic (exact) mass is 367 g/mol. The van der Waals surface area contributed by atoms with Crippen molar-refractivity contribution in [3.8, 4) is 17.7 Å². The Balaban J connectivity index is 2.11. The van der Waals surface area contributed by atoms with E-state index in [-0.39, 0.29) is 29.8 Å². The molecule has 0 spiro atoms. The van der Waals surface area contributed by atoms with Gasteiger partial charge in [-0.1, -0.05) is 0 Å². The number of rotatable bonds is 4. The Hall–Kier alpha value is -3.20. The van der Waals surface area contributed by atoms with Crippen molar-refractivity contribution in [1.82, 2.24) is 14.9 Å². The lowest BCUT2D eigenvalue weighted by Crippen LogP contribution is -2.30. The molecule has 10 nitrogen and oxygen atoms in total. The topological polar surface area (TPSA) is 146 Å². The van der Waals surface area contributed by atoms with Crippen molar-refractivity contribution in [2.75, 3.05) is 17.5 Å². The van der Waals surface area contributed by atoms with Gasteiger partial charge in [-0.3, -0.25) is 4.79 Å². The van der Waals surface area contributed by atoms with Gasteiger partial charge in [0.1, 0.15) is 30.1 Å². The van der Waals surface area contributed by atoms with Crippen LogP contribution in [0.25, 0.3) is 10.9 Å². The van der Waals surface area contributed by atoms with Gasteiger partial charge in [-0.15, -0.1) is 10.2 Å². The van der Waals surface area contributed by atoms with Crippen molar-refractivity contribution < 1.29 is 27.4 Å². The molecule has 130 valence electrons. The molecular formula is C13H10FN5O5S. The van der Waals surface area contributed by atoms with Gasteiger partial charge in [0.15, 0.2) is 5.82 Å². The van der Waals surface area contributed by atoms with Crippen molar-refractivity contribution in [3.05, 3.63) is 17.9 Å². The maximum Gasteiger partial charge on any atom is 0.326 e. The van der Waals surface area contributed by atoms with Gasteiger partial charge in [-0.25, -0.2) is 13.4 Å². The zero-order valence-electron chi connectivity index (χ0n) is 12.4. The SMILES string of the molecule is N#CCCOc1cc2c(F)c(N3CC(=O)NS3(=O)=O)c(O)cc2nn1. The Morgan fingerprint density at radius 2 is 2.20 bits per heavy atom. The molecule has 1 amide bonds. The van der Waals surface area contributed by atoms with Gasteiger partial charge in [0, 0.05) is 17.5 Å². The first kappa shape index (κ1) is 16.7. The largest absolute Gasteiger partial charge is 0.506 e. The summed E-state index contributed by atoms with van der Waals surface area (Å²) in [6.07, 6.45) is 0.0861. The number of anilines is 1. The normalized spacial score (nSPS) is 15.8. The van der Waals surface area contributed by atoms with Gasteiger partial charge in [0.2, 0.25) is 5.88 Å². The molecule has 3 rings (SSSR count). The van der Waals surface area contributed by atoms with Crippen molar-refractivity contribution >= 4 is 32.7 Å². The lowest BCUT2D eigenvalue weighted by atomic mass is 10.1. The molecule has 0 atom stereocenters. The summed E-state index contributed by atoms with van der Waals surface area (Å²) in [5.41, 5.74) is -0.718. The molecule has 25 heavy (non-hydrogen) atoms. The molecule has 0 bridgehead atoms. The zero-order valence-corrected chi connectivity index (χ0v) is 13.2. The Kier molecular flexibility index (Phi) is 4.01. The van der Waals surface area contributed by atoms with Crippen LogP contribution in [-0.4, -0.2) is 42.8 Å². The molecule has 0 unspecified atom stereocenters. The number of phenols is 1. The third kappa shape index (κ3) is 2.96. The molecular weight excluding hydrogens is 357 g/mol. The van der Waals surface area contributed by atoms with Gasteiger partial charge < -0.3 is 9.84 Å². The van der Waals surface area contributed by atoms with E-state index in [1.165, 1.54) is 0 Å². The number of aromatic hydroxyl groups is 1. The lowest BCUT2D eigenvalue weighted by molar-refractivity contribution is -0.117. The summed E-state index contributed by atoms with van der Waals surface area (Å²) in [7, 11) is -4.30. The van der Waals surface area contributed by atoms with Crippen LogP contribution in [0.15, 0.2) is 12.1 Å². The number of nitrogens with one attached hydrogen (secondary N) is 1. The molecule has 0 radical (unpaired) electrons. The van der Waals surface area contributed by atoms with Crippen LogP contribution in [0.1, 0.15) is 6.42 Å². The molecule has 0 saturated carbocycles. The van der Waals surface area contributed by atoms with Crippen molar-refractivity contribution in [2.24, 2.45) is 0 Å². The van der Waals surface area contributed by atoms with Crippen LogP contribution in [0.5, 0.6) is 11.6 Å². The minimum absolute atomic E-state index is 0.0160. The average molecular weight is 367 g/mol. The fraction of sp³-hybridized carbons (Fsp3) is 0.231. The van der Waals surface area contributed by atoms with Gasteiger partial charge in [-0.2, -0.15) is 13.7 Å². The van der Waals surface area contributed by atoms with E-state index in [2.05, 4.69) is 10.2 Å². The van der Waals surface area contributed by atoms with Crippen molar-refractivity contribution in [2.45, 2.75) is 6.42 Å². The highest BCUT2D eigenvalue weighted by atomic mass is 32.2. The maximum absolute atomic E-state index is 14.8. The molecule has 1 saturated heterocycles. The number of fused-ring (bicyclic) bond motifs is 1. The van der Waals surface area contributed by atoms with Crippen LogP contribution in [0, 0.1) is 17.1 Å². The second-order valence-corrected chi connectivity index (χ2v) is 6.56. The number of hydrogen-bond acceptors (Lipinski definition) is 8. The molecule has 1 fully saturated rings. The molecule has 2 heterocycles. The van der Waals surface area contributed by atoms with E-state index < -0.39 is 39.9 Å². The minimum Gasteiger partial charge on any atom is -0.506 e. The summed E-state index contributed by atoms with van der Waals surface area (Å²) >= 11 is 0. The third-order valence-corrected chi connectivity index (χ3v) is 4.67. The fourth-order valence-corrected chi connectivity index (χ4v) is 3.42. The number of amides is 1. The average Bonchev–Trinajstić information content (AvgIpc) is 2.81. The third-order valence-electron chi connectivity index (χ3n) is 3.29. The van der Waals surface area contributed by atoms with Gasteiger partial charge in [0.25, 0.3) is 5.91 Å². The highest BCUT2D eigenvalue weighted by Crippen LogP contribution is 2.38. The van der Waals surface area contributed by atoms with E-state index in [1.54, 1.807) is 4.72 Å². The van der Waals surface area contributed by atoms with Gasteiger partial charge in [-0.05, 0) is 0 Å². The van der Waals surface area contributed by atoms with Crippen LogP contribution < -0.4 is 13.8 Å². The highest BCUT2D eigenvalue weighted by molar-refractivity contribution is 7.92. The first-order valence-corrected chi connectivity index (χ1v) is 8.29. The standard InChI is InChI=1S/C13H10FN5O5S/c14-12-7-4-11(24-3-1-2-15)17-16-8(7)5-9(20)13(12)19-6-10(21)18-25(19,22)23/h4-5,20H,1,3,6H2,(H,18,21). The number of carbonyl (C=O) groups is 1. The number of hydrogen-bond donors (Lipinski definition) is 2. The summed E-state index contributed by atoms with van der Waals surface area (Å²) in [6, 6.07) is 4.05. The van der Waals surface area contributed by atoms with E-state index in [4.69, 9.17) is 10.00 Å². The van der Waals surface area contributed by atoms with Gasteiger partial charge in [0.05, 0.1) is 12.5 Å². The Labute approximate surface area is 140 Å². The minimum atomic E-state index is -4.30. The number of phenolic OH excluding ortho intramolecular Hbond substituents is 1. The summed E-state index contributed by atoms with van der Waals surface area (Å²) < 4.78 is 45.9. The number of benzene rings is 1. The number of carbonyl (C=O) groups excluding carboxylic acids is 1. The van der Waals surface area contributed by atoms with Crippen LogP contribution in [0.3, 0.4) is 0 Å². The number of ether oxygens (including phenoxy) is 1. The highest BCUT2D eigenvalue weighted by Gasteiger charge is 2.38. The molecule has 1 aromatic carbocycles. The molecule has 0 aliphatic carbocycles. The van der Waals surface area contributed by atoms with Crippen molar-refractivity contribution in [3.63, 3.8) is 0 Å². The molecule has 1 aliphatic heterocycles. The summed E-state index contributed by atoms with van der Waals surface area (Å²) in [5, 5.41) is 25.7. The van der Waals surface area contributed by atoms with E-state index in [0.717, 1.165) is 12.1 Å². The predicted molar refractivity (Wildman–Crippen MR) is 81.3 cm³/mol. The fourth-order valence-electron chi connectivity index (χ4n) is 2.26. The number of nitriles is 1. The molecule has 2 N–H and O–H groups in total. The first-order valence-electron chi connectivity index (χ1n) is 6.85. The second kappa shape index (κ2) is 6.02. The van der Waals surface area contributed by atoms with E-state index >= 15 is 0 Å². The molecule has 2 aromatic rings. The molecule has 12 heteroatoms. The summed E-state index contributed by atoms with van der Waals surface area (Å²) in [4.78, 5) is 11.3. The lowest BCUT2D eigenvalue weighted by Gasteiger charge is -2.17. The second-order valence-electron chi connectivity index (χ2n) is 4.97. The first-order chi connectivity index (χ1) is 11.8. The van der Waals surface area contributed by atoms with E-state index in [9.17, 15) is 22.7 Å². The van der Waals surface area contributed by atoms with Crippen LogP contribution in [0.2, 0.25) is 0 Å². The van der Waals surface area contributed by atoms with Crippen LogP contribution in [-0.2, 0) is 15.0 Å². The Morgan fingerprint density at radius 1 is 1.44 bits per heavy atom. The quantitative estimate of drug-likeness (QED) is 0.715. The van der Waals surface area contributed by atoms with Gasteiger partial charge >= 0.3 is 10.2 Å². The van der Waals surface area contributed by atoms with E-state index in [1.807, 2.05) is 6.07 Å². The maximum atomic E-state index is 14.8. The van der Waals surface area contributed by atoms with Crippen LogP contribution >= 0.6 is 0 Å².